The van der Waals surface area contributed by atoms with E-state index in [1.165, 1.54) is 0 Å². The van der Waals surface area contributed by atoms with Gasteiger partial charge in [-0.2, -0.15) is 5.10 Å². The molecule has 33 heavy (non-hydrogen) atoms. The minimum Gasteiger partial charge on any atom is -0.439 e. The number of aryl methyl sites for hydroxylation is 1. The highest BCUT2D eigenvalue weighted by Gasteiger charge is 2.24. The second-order valence-corrected chi connectivity index (χ2v) is 8.20. The van der Waals surface area contributed by atoms with E-state index in [9.17, 15) is 5.11 Å². The largest absolute Gasteiger partial charge is 0.439 e. The van der Waals surface area contributed by atoms with Gasteiger partial charge in [-0.15, -0.1) is 6.58 Å². The third-order valence-corrected chi connectivity index (χ3v) is 5.66. The van der Waals surface area contributed by atoms with Gasteiger partial charge < -0.3 is 14.6 Å². The first kappa shape index (κ1) is 24.7. The number of ether oxygens (including phenoxy) is 2. The van der Waals surface area contributed by atoms with Gasteiger partial charge in [-0.1, -0.05) is 49.4 Å². The minimum atomic E-state index is -0.595. The molecular weight excluding hydrogens is 414 g/mol. The maximum absolute atomic E-state index is 10.6. The summed E-state index contributed by atoms with van der Waals surface area (Å²) in [4.78, 5) is 2.26. The zero-order valence-electron chi connectivity index (χ0n) is 19.9. The van der Waals surface area contributed by atoms with Gasteiger partial charge in [-0.3, -0.25) is 4.90 Å². The maximum atomic E-state index is 10.6. The summed E-state index contributed by atoms with van der Waals surface area (Å²) in [5.74, 6) is 1.44. The molecule has 1 aromatic heterocycles. The van der Waals surface area contributed by atoms with Crippen LogP contribution >= 0.6 is 0 Å². The number of aromatic nitrogens is 2. The molecule has 0 spiro atoms. The highest BCUT2D eigenvalue weighted by Crippen LogP contribution is 2.32. The smallest absolute Gasteiger partial charge is 0.227 e. The highest BCUT2D eigenvalue weighted by atomic mass is 16.5. The summed E-state index contributed by atoms with van der Waals surface area (Å²) >= 11 is 0. The van der Waals surface area contributed by atoms with Crippen molar-refractivity contribution in [3.63, 3.8) is 0 Å². The quantitative estimate of drug-likeness (QED) is 0.289. The molecule has 0 aliphatic rings. The minimum absolute atomic E-state index is 0.267. The van der Waals surface area contributed by atoms with Crippen molar-refractivity contribution in [2.45, 2.75) is 45.9 Å². The van der Waals surface area contributed by atoms with E-state index in [1.54, 1.807) is 6.08 Å². The van der Waals surface area contributed by atoms with Crippen molar-refractivity contribution in [2.75, 3.05) is 19.8 Å². The molecule has 6 nitrogen and oxygen atoms in total. The fraction of sp³-hybridized carbons (Fsp3) is 0.370. The van der Waals surface area contributed by atoms with Crippen LogP contribution in [-0.2, 0) is 11.3 Å². The first-order chi connectivity index (χ1) is 16.0. The fourth-order valence-electron chi connectivity index (χ4n) is 3.64. The molecule has 1 N–H and O–H groups in total. The number of benzene rings is 2. The van der Waals surface area contributed by atoms with Gasteiger partial charge in [0.1, 0.15) is 5.75 Å². The molecule has 6 heteroatoms. The summed E-state index contributed by atoms with van der Waals surface area (Å²) in [6.07, 6.45) is 2.05. The summed E-state index contributed by atoms with van der Waals surface area (Å²) in [5.41, 5.74) is 2.84. The standard InChI is InChI=1S/C27H35N3O3/c1-5-17-32-20-24(31)18-29(21(3)6-2)19-26-22(4)28-30(23-13-9-7-10-14-23)27(26)33-25-15-11-8-12-16-25/h5,7-16,21,24,31H,1,6,17-20H2,2-4H3/t21-,24-/m1/s1. The average Bonchev–Trinajstić information content (AvgIpc) is 3.14. The lowest BCUT2D eigenvalue weighted by Crippen LogP contribution is -2.40. The van der Waals surface area contributed by atoms with E-state index in [0.29, 0.717) is 25.6 Å². The number of hydrogen-bond acceptors (Lipinski definition) is 5. The number of aliphatic hydroxyl groups excluding tert-OH is 1. The van der Waals surface area contributed by atoms with E-state index in [4.69, 9.17) is 14.6 Å². The number of hydrogen-bond donors (Lipinski definition) is 1. The van der Waals surface area contributed by atoms with Crippen LogP contribution in [0.25, 0.3) is 5.69 Å². The van der Waals surface area contributed by atoms with Gasteiger partial charge >= 0.3 is 0 Å². The molecule has 0 unspecified atom stereocenters. The van der Waals surface area contributed by atoms with E-state index in [0.717, 1.165) is 29.1 Å². The number of aliphatic hydroxyl groups is 1. The Morgan fingerprint density at radius 1 is 1.12 bits per heavy atom. The Hall–Kier alpha value is -2.93. The molecular formula is C27H35N3O3. The zero-order chi connectivity index (χ0) is 23.6. The van der Waals surface area contributed by atoms with Crippen LogP contribution in [0.2, 0.25) is 0 Å². The second kappa shape index (κ2) is 12.3. The summed E-state index contributed by atoms with van der Waals surface area (Å²) in [6.45, 7) is 11.8. The second-order valence-electron chi connectivity index (χ2n) is 8.20. The van der Waals surface area contributed by atoms with Crippen molar-refractivity contribution in [3.05, 3.63) is 84.6 Å². The molecule has 0 saturated heterocycles. The van der Waals surface area contributed by atoms with Crippen LogP contribution in [0.4, 0.5) is 0 Å². The van der Waals surface area contributed by atoms with Crippen molar-refractivity contribution >= 4 is 0 Å². The summed E-state index contributed by atoms with van der Waals surface area (Å²) in [7, 11) is 0. The van der Waals surface area contributed by atoms with E-state index >= 15 is 0 Å². The molecule has 0 amide bonds. The Labute approximate surface area is 197 Å². The van der Waals surface area contributed by atoms with Crippen LogP contribution in [0.3, 0.4) is 0 Å². The van der Waals surface area contributed by atoms with Gasteiger partial charge in [0.05, 0.1) is 36.3 Å². The lowest BCUT2D eigenvalue weighted by molar-refractivity contribution is 0.0155. The van der Waals surface area contributed by atoms with Crippen LogP contribution < -0.4 is 4.74 Å². The van der Waals surface area contributed by atoms with Crippen LogP contribution in [0.15, 0.2) is 73.3 Å². The summed E-state index contributed by atoms with van der Waals surface area (Å²) < 4.78 is 13.7. The monoisotopic (exact) mass is 449 g/mol. The highest BCUT2D eigenvalue weighted by molar-refractivity contribution is 5.43. The molecule has 2 atom stereocenters. The van der Waals surface area contributed by atoms with Gasteiger partial charge in [0.25, 0.3) is 0 Å². The molecule has 0 aliphatic carbocycles. The average molecular weight is 450 g/mol. The van der Waals surface area contributed by atoms with Crippen molar-refractivity contribution in [1.29, 1.82) is 0 Å². The molecule has 0 aliphatic heterocycles. The normalized spacial score (nSPS) is 13.1. The third-order valence-electron chi connectivity index (χ3n) is 5.66. The van der Waals surface area contributed by atoms with Gasteiger partial charge in [-0.05, 0) is 44.5 Å². The Balaban J connectivity index is 1.93. The molecule has 0 saturated carbocycles. The van der Waals surface area contributed by atoms with Crippen molar-refractivity contribution in [1.82, 2.24) is 14.7 Å². The molecule has 0 radical (unpaired) electrons. The molecule has 2 aromatic carbocycles. The predicted molar refractivity (Wildman–Crippen MR) is 132 cm³/mol. The van der Waals surface area contributed by atoms with Crippen molar-refractivity contribution in [3.8, 4) is 17.3 Å². The number of rotatable bonds is 13. The predicted octanol–water partition coefficient (Wildman–Crippen LogP) is 5.14. The van der Waals surface area contributed by atoms with Crippen LogP contribution in [0, 0.1) is 6.92 Å². The Bertz CT molecular complexity index is 989. The van der Waals surface area contributed by atoms with Gasteiger partial charge in [0.2, 0.25) is 5.88 Å². The van der Waals surface area contributed by atoms with Gasteiger partial charge in [0.15, 0.2) is 0 Å². The van der Waals surface area contributed by atoms with Gasteiger partial charge in [0, 0.05) is 19.1 Å². The summed E-state index contributed by atoms with van der Waals surface area (Å²) in [6, 6.07) is 20.0. The number of nitrogens with zero attached hydrogens (tertiary/aromatic N) is 3. The van der Waals surface area contributed by atoms with E-state index in [2.05, 4.69) is 25.3 Å². The molecule has 176 valence electrons. The summed E-state index contributed by atoms with van der Waals surface area (Å²) in [5, 5.41) is 15.4. The lowest BCUT2D eigenvalue weighted by Gasteiger charge is -2.30. The van der Waals surface area contributed by atoms with Crippen molar-refractivity contribution < 1.29 is 14.6 Å². The van der Waals surface area contributed by atoms with Crippen LogP contribution in [-0.4, -0.2) is 51.7 Å². The lowest BCUT2D eigenvalue weighted by atomic mass is 10.1. The third kappa shape index (κ3) is 6.78. The van der Waals surface area contributed by atoms with Gasteiger partial charge in [-0.25, -0.2) is 4.68 Å². The van der Waals surface area contributed by atoms with Crippen LogP contribution in [0.1, 0.15) is 31.5 Å². The Morgan fingerprint density at radius 2 is 1.79 bits per heavy atom. The number of para-hydroxylation sites is 2. The van der Waals surface area contributed by atoms with E-state index < -0.39 is 6.10 Å². The Morgan fingerprint density at radius 3 is 2.42 bits per heavy atom. The SMILES string of the molecule is C=CCOC[C@H](O)CN(Cc1c(C)nn(-c2ccccc2)c1Oc1ccccc1)[C@H](C)CC. The molecule has 1 heterocycles. The molecule has 3 rings (SSSR count). The first-order valence-corrected chi connectivity index (χ1v) is 11.5. The first-order valence-electron chi connectivity index (χ1n) is 11.5. The molecule has 0 bridgehead atoms. The van der Waals surface area contributed by atoms with Crippen LogP contribution in [0.5, 0.6) is 11.6 Å². The zero-order valence-corrected chi connectivity index (χ0v) is 19.9. The molecule has 3 aromatic rings. The van der Waals surface area contributed by atoms with E-state index in [1.807, 2.05) is 72.3 Å². The topological polar surface area (TPSA) is 59.8 Å². The maximum Gasteiger partial charge on any atom is 0.227 e. The van der Waals surface area contributed by atoms with E-state index in [-0.39, 0.29) is 12.6 Å². The van der Waals surface area contributed by atoms with Crippen molar-refractivity contribution in [2.24, 2.45) is 0 Å². The fourth-order valence-corrected chi connectivity index (χ4v) is 3.64. The molecule has 0 fully saturated rings. The Kier molecular flexibility index (Phi) is 9.24.